The molecule has 3 rings (SSSR count). The summed E-state index contributed by atoms with van der Waals surface area (Å²) in [4.78, 5) is 25.3. The molecule has 0 fully saturated rings. The van der Waals surface area contributed by atoms with Crippen molar-refractivity contribution in [3.8, 4) is 12.0 Å². The van der Waals surface area contributed by atoms with E-state index in [2.05, 4.69) is 21.9 Å². The first-order valence-corrected chi connectivity index (χ1v) is 11.1. The van der Waals surface area contributed by atoms with Crippen molar-refractivity contribution in [3.63, 3.8) is 0 Å². The summed E-state index contributed by atoms with van der Waals surface area (Å²) in [6, 6.07) is 8.20. The number of unbranched alkanes of at least 4 members (excludes halogenated alkanes) is 1. The van der Waals surface area contributed by atoms with E-state index < -0.39 is 11.9 Å². The molecular formula is C21H27N5O4S. The Hall–Kier alpha value is -3.01. The number of benzene rings is 1. The van der Waals surface area contributed by atoms with E-state index in [0.29, 0.717) is 36.1 Å². The zero-order chi connectivity index (χ0) is 22.4. The van der Waals surface area contributed by atoms with Crippen LogP contribution in [0.3, 0.4) is 0 Å². The molecular weight excluding hydrogens is 418 g/mol. The summed E-state index contributed by atoms with van der Waals surface area (Å²) in [5.74, 6) is -0.450. The van der Waals surface area contributed by atoms with Crippen molar-refractivity contribution >= 4 is 34.7 Å². The Morgan fingerprint density at radius 1 is 1.32 bits per heavy atom. The van der Waals surface area contributed by atoms with Crippen LogP contribution in [-0.2, 0) is 11.3 Å². The minimum atomic E-state index is -0.842. The van der Waals surface area contributed by atoms with Crippen LogP contribution >= 0.6 is 11.8 Å². The average molecular weight is 446 g/mol. The first kappa shape index (κ1) is 22.7. The van der Waals surface area contributed by atoms with Gasteiger partial charge >= 0.3 is 12.0 Å². The van der Waals surface area contributed by atoms with Gasteiger partial charge in [0.1, 0.15) is 0 Å². The highest BCUT2D eigenvalue weighted by atomic mass is 32.2. The second kappa shape index (κ2) is 10.3. The zero-order valence-corrected chi connectivity index (χ0v) is 18.7. The number of methoxy groups -OCH3 is 1. The molecule has 31 heavy (non-hydrogen) atoms. The Morgan fingerprint density at radius 2 is 2.13 bits per heavy atom. The summed E-state index contributed by atoms with van der Waals surface area (Å²) >= 11 is 1.61. The Balaban J connectivity index is 1.77. The second-order valence-corrected chi connectivity index (χ2v) is 8.16. The van der Waals surface area contributed by atoms with Crippen molar-refractivity contribution in [1.29, 1.82) is 0 Å². The van der Waals surface area contributed by atoms with Crippen LogP contribution in [-0.4, -0.2) is 50.1 Å². The molecule has 3 N–H and O–H groups in total. The summed E-state index contributed by atoms with van der Waals surface area (Å²) in [7, 11) is 1.55. The molecule has 1 aromatic carbocycles. The van der Waals surface area contributed by atoms with Crippen LogP contribution in [0.4, 0.5) is 5.82 Å². The molecule has 0 saturated heterocycles. The largest absolute Gasteiger partial charge is 0.481 e. The molecule has 2 heterocycles. The molecule has 1 unspecified atom stereocenters. The number of carboxylic acid groups (broad SMARTS) is 1. The van der Waals surface area contributed by atoms with E-state index in [1.54, 1.807) is 25.8 Å². The third-order valence-corrected chi connectivity index (χ3v) is 5.76. The van der Waals surface area contributed by atoms with E-state index in [-0.39, 0.29) is 11.8 Å². The number of thioether (sulfide) groups is 1. The van der Waals surface area contributed by atoms with Gasteiger partial charge in [0.2, 0.25) is 0 Å². The Bertz CT molecular complexity index is 1060. The summed E-state index contributed by atoms with van der Waals surface area (Å²) < 4.78 is 12.9. The maximum absolute atomic E-state index is 11.2. The van der Waals surface area contributed by atoms with Gasteiger partial charge < -0.3 is 20.3 Å². The minimum absolute atomic E-state index is 0.227. The van der Waals surface area contributed by atoms with E-state index >= 15 is 0 Å². The molecule has 0 aliphatic heterocycles. The number of carbonyl (C=O) groups is 1. The lowest BCUT2D eigenvalue weighted by Crippen LogP contribution is -2.08. The smallest absolute Gasteiger partial charge is 0.320 e. The van der Waals surface area contributed by atoms with Gasteiger partial charge in [-0.25, -0.2) is 0 Å². The van der Waals surface area contributed by atoms with Crippen LogP contribution < -0.4 is 15.2 Å². The zero-order valence-electron chi connectivity index (χ0n) is 17.9. The maximum Gasteiger partial charge on any atom is 0.320 e. The molecule has 10 heteroatoms. The van der Waals surface area contributed by atoms with Crippen LogP contribution in [0.1, 0.15) is 38.2 Å². The third-order valence-electron chi connectivity index (χ3n) is 4.79. The molecule has 3 aromatic rings. The number of hydrogen-bond acceptors (Lipinski definition) is 8. The molecule has 0 aliphatic carbocycles. The van der Waals surface area contributed by atoms with Crippen LogP contribution in [0.25, 0.3) is 11.2 Å². The first-order valence-electron chi connectivity index (χ1n) is 10.1. The summed E-state index contributed by atoms with van der Waals surface area (Å²) in [5.41, 5.74) is 7.88. The van der Waals surface area contributed by atoms with Crippen LogP contribution in [0.2, 0.25) is 0 Å². The van der Waals surface area contributed by atoms with Gasteiger partial charge in [-0.3, -0.25) is 9.36 Å². The lowest BCUT2D eigenvalue weighted by atomic mass is 10.0. The molecule has 0 radical (unpaired) electrons. The van der Waals surface area contributed by atoms with Crippen molar-refractivity contribution in [2.45, 2.75) is 44.0 Å². The third kappa shape index (κ3) is 5.38. The van der Waals surface area contributed by atoms with Gasteiger partial charge in [0.15, 0.2) is 17.0 Å². The van der Waals surface area contributed by atoms with E-state index in [1.807, 2.05) is 28.8 Å². The van der Waals surface area contributed by atoms with Crippen molar-refractivity contribution in [2.24, 2.45) is 0 Å². The van der Waals surface area contributed by atoms with E-state index in [1.165, 1.54) is 0 Å². The number of carboxylic acids is 1. The number of nitrogens with two attached hydrogens (primary N) is 1. The van der Waals surface area contributed by atoms with E-state index in [4.69, 9.17) is 15.2 Å². The van der Waals surface area contributed by atoms with Gasteiger partial charge in [-0.05, 0) is 31.0 Å². The molecule has 166 valence electrons. The fourth-order valence-corrected chi connectivity index (χ4v) is 3.89. The van der Waals surface area contributed by atoms with E-state index in [9.17, 15) is 9.90 Å². The lowest BCUT2D eigenvalue weighted by molar-refractivity contribution is -0.138. The van der Waals surface area contributed by atoms with Gasteiger partial charge in [0, 0.05) is 17.2 Å². The predicted octanol–water partition coefficient (Wildman–Crippen LogP) is 3.58. The van der Waals surface area contributed by atoms with Crippen LogP contribution in [0, 0.1) is 0 Å². The molecule has 2 aromatic heterocycles. The molecule has 0 bridgehead atoms. The predicted molar refractivity (Wildman–Crippen MR) is 120 cm³/mol. The van der Waals surface area contributed by atoms with E-state index in [0.717, 1.165) is 23.3 Å². The first-order chi connectivity index (χ1) is 14.9. The maximum atomic E-state index is 11.2. The summed E-state index contributed by atoms with van der Waals surface area (Å²) in [5, 5.41) is 9.24. The number of imidazole rings is 1. The highest BCUT2D eigenvalue weighted by molar-refractivity contribution is 7.99. The van der Waals surface area contributed by atoms with Crippen molar-refractivity contribution < 1.29 is 19.4 Å². The molecule has 9 nitrogen and oxygen atoms in total. The number of anilines is 1. The molecule has 0 aliphatic rings. The number of aryl methyl sites for hydroxylation is 1. The highest BCUT2D eigenvalue weighted by Crippen LogP contribution is 2.28. The van der Waals surface area contributed by atoms with Gasteiger partial charge in [-0.2, -0.15) is 15.0 Å². The van der Waals surface area contributed by atoms with Crippen molar-refractivity contribution in [1.82, 2.24) is 19.5 Å². The fraction of sp³-hybridized carbons (Fsp3) is 0.429. The van der Waals surface area contributed by atoms with Crippen LogP contribution in [0.5, 0.6) is 12.0 Å². The Morgan fingerprint density at radius 3 is 2.84 bits per heavy atom. The summed E-state index contributed by atoms with van der Waals surface area (Å²) in [6.45, 7) is 4.85. The second-order valence-electron chi connectivity index (χ2n) is 7.00. The topological polar surface area (TPSA) is 125 Å². The van der Waals surface area contributed by atoms with Crippen molar-refractivity contribution in [2.75, 3.05) is 25.2 Å². The van der Waals surface area contributed by atoms with Gasteiger partial charge in [0.05, 0.1) is 19.6 Å². The fourth-order valence-electron chi connectivity index (χ4n) is 2.98. The average Bonchev–Trinajstić information content (AvgIpc) is 3.12. The Kier molecular flexibility index (Phi) is 7.56. The quantitative estimate of drug-likeness (QED) is 0.336. The van der Waals surface area contributed by atoms with Gasteiger partial charge in [-0.1, -0.05) is 25.5 Å². The summed E-state index contributed by atoms with van der Waals surface area (Å²) in [6.07, 6.45) is 1.91. The molecule has 0 spiro atoms. The monoisotopic (exact) mass is 445 g/mol. The highest BCUT2D eigenvalue weighted by Gasteiger charge is 2.18. The number of nitrogens with zero attached hydrogens (tertiary/aromatic N) is 4. The normalized spacial score (nSPS) is 12.1. The number of fused-ring (bicyclic) bond motifs is 1. The lowest BCUT2D eigenvalue weighted by Gasteiger charge is -2.10. The van der Waals surface area contributed by atoms with Crippen molar-refractivity contribution in [3.05, 3.63) is 29.8 Å². The standard InChI is InChI=1S/C21H27N5O4S/c1-4-5-10-30-20-24-17(22)16-18(25-20)26(21(23-16)29-3)9-11-31-15-8-6-7-14(12-15)13(2)19(27)28/h6-8,12-13H,4-5,9-11H2,1-3H3,(H,27,28)(H2,22,24,25). The molecule has 0 saturated carbocycles. The van der Waals surface area contributed by atoms with Crippen LogP contribution in [0.15, 0.2) is 29.2 Å². The number of ether oxygens (including phenoxy) is 2. The Labute approximate surface area is 185 Å². The number of rotatable bonds is 11. The number of nitrogen functional groups attached to an aromatic ring is 1. The minimum Gasteiger partial charge on any atom is -0.481 e. The number of aromatic nitrogens is 4. The number of hydrogen-bond donors (Lipinski definition) is 2. The molecule has 1 atom stereocenters. The van der Waals surface area contributed by atoms with Gasteiger partial charge in [-0.15, -0.1) is 11.8 Å². The molecule has 0 amide bonds. The van der Waals surface area contributed by atoms with Gasteiger partial charge in [0.25, 0.3) is 6.01 Å². The number of aliphatic carboxylic acids is 1. The SMILES string of the molecule is CCCCOc1nc(N)c2nc(OC)n(CCSc3cccc(C(C)C(=O)O)c3)c2n1.